The van der Waals surface area contributed by atoms with Crippen LogP contribution in [-0.4, -0.2) is 0 Å². The number of hydrogen-bond donors (Lipinski definition) is 0. The Kier molecular flexibility index (Phi) is 4.96. The van der Waals surface area contributed by atoms with E-state index in [9.17, 15) is 0 Å². The first kappa shape index (κ1) is 11.5. The Balaban J connectivity index is 0.000000561. The number of hydrogen-bond acceptors (Lipinski definition) is 0. The highest BCUT2D eigenvalue weighted by Crippen LogP contribution is 2.28. The van der Waals surface area contributed by atoms with E-state index >= 15 is 0 Å². The van der Waals surface area contributed by atoms with Gasteiger partial charge in [0, 0.05) is 0 Å². The topological polar surface area (TPSA) is 0 Å². The smallest absolute Gasteiger partial charge is 0.0129 e. The maximum atomic E-state index is 2.29. The van der Waals surface area contributed by atoms with Crippen LogP contribution in [0.25, 0.3) is 0 Å². The summed E-state index contributed by atoms with van der Waals surface area (Å²) in [6.45, 7) is 10.7. The van der Waals surface area contributed by atoms with Gasteiger partial charge < -0.3 is 0 Å². The first-order chi connectivity index (χ1) is 5.61. The normalized spacial score (nSPS) is 16.2. The molecule has 0 aromatic heterocycles. The van der Waals surface area contributed by atoms with Crippen LogP contribution >= 0.6 is 0 Å². The summed E-state index contributed by atoms with van der Waals surface area (Å²) in [6, 6.07) is 0. The van der Waals surface area contributed by atoms with Crippen LogP contribution in [0.5, 0.6) is 0 Å². The Morgan fingerprint density at radius 2 is 1.75 bits per heavy atom. The standard InChI is InChI=1S/C10H15.C2H6/c1-10(2,3)9-7-5-4-6-8-9;1-2/h4-5,7-8H,6H2,1-3H3;1-2H3. The van der Waals surface area contributed by atoms with Crippen LogP contribution in [0.2, 0.25) is 0 Å². The van der Waals surface area contributed by atoms with Gasteiger partial charge in [-0.2, -0.15) is 0 Å². The van der Waals surface area contributed by atoms with Crippen LogP contribution < -0.4 is 0 Å². The largest absolute Gasteiger partial charge is 0.0802 e. The van der Waals surface area contributed by atoms with Gasteiger partial charge in [-0.15, -0.1) is 0 Å². The van der Waals surface area contributed by atoms with Gasteiger partial charge in [0.05, 0.1) is 0 Å². The van der Waals surface area contributed by atoms with Gasteiger partial charge in [-0.3, -0.25) is 0 Å². The molecule has 0 heterocycles. The van der Waals surface area contributed by atoms with Gasteiger partial charge >= 0.3 is 0 Å². The molecule has 0 aromatic rings. The summed E-state index contributed by atoms with van der Waals surface area (Å²) in [6.07, 6.45) is 9.91. The minimum atomic E-state index is 0.324. The highest BCUT2D eigenvalue weighted by atomic mass is 14.2. The van der Waals surface area contributed by atoms with Gasteiger partial charge in [-0.05, 0) is 23.8 Å². The highest BCUT2D eigenvalue weighted by molar-refractivity contribution is 5.30. The second-order valence-corrected chi connectivity index (χ2v) is 3.74. The van der Waals surface area contributed by atoms with Crippen molar-refractivity contribution in [3.8, 4) is 0 Å². The maximum Gasteiger partial charge on any atom is -0.0129 e. The SMILES string of the molecule is CC.CC(C)(C)C1=CC[CH]C=C1. The maximum absolute atomic E-state index is 2.29. The molecule has 0 N–H and O–H groups in total. The average molecular weight is 165 g/mol. The lowest BCUT2D eigenvalue weighted by Crippen LogP contribution is -2.08. The molecule has 0 aliphatic heterocycles. The van der Waals surface area contributed by atoms with E-state index in [1.807, 2.05) is 13.8 Å². The van der Waals surface area contributed by atoms with Gasteiger partial charge in [0.2, 0.25) is 0 Å². The summed E-state index contributed by atoms with van der Waals surface area (Å²) in [5.41, 5.74) is 1.78. The van der Waals surface area contributed by atoms with Crippen molar-refractivity contribution in [3.05, 3.63) is 30.2 Å². The quantitative estimate of drug-likeness (QED) is 0.506. The van der Waals surface area contributed by atoms with Crippen molar-refractivity contribution in [2.75, 3.05) is 0 Å². The Hall–Kier alpha value is -0.520. The summed E-state index contributed by atoms with van der Waals surface area (Å²) in [7, 11) is 0. The molecule has 0 saturated carbocycles. The molecular formula is C12H21. The Morgan fingerprint density at radius 3 is 2.00 bits per heavy atom. The monoisotopic (exact) mass is 165 g/mol. The molecule has 12 heavy (non-hydrogen) atoms. The molecule has 1 radical (unpaired) electrons. The second kappa shape index (κ2) is 5.18. The van der Waals surface area contributed by atoms with Crippen molar-refractivity contribution in [2.45, 2.75) is 41.0 Å². The zero-order valence-corrected chi connectivity index (χ0v) is 9.02. The molecular weight excluding hydrogens is 144 g/mol. The predicted molar refractivity (Wildman–Crippen MR) is 56.9 cm³/mol. The van der Waals surface area contributed by atoms with E-state index in [0.717, 1.165) is 6.42 Å². The zero-order chi connectivity index (χ0) is 9.61. The summed E-state index contributed by atoms with van der Waals surface area (Å²) >= 11 is 0. The molecule has 0 atom stereocenters. The van der Waals surface area contributed by atoms with Crippen LogP contribution in [0.3, 0.4) is 0 Å². The molecule has 0 heteroatoms. The van der Waals surface area contributed by atoms with Crippen molar-refractivity contribution in [3.63, 3.8) is 0 Å². The van der Waals surface area contributed by atoms with Crippen molar-refractivity contribution >= 4 is 0 Å². The first-order valence-corrected chi connectivity index (χ1v) is 4.81. The van der Waals surface area contributed by atoms with Crippen LogP contribution in [0.4, 0.5) is 0 Å². The molecule has 0 amide bonds. The molecule has 69 valence electrons. The summed E-state index contributed by atoms with van der Waals surface area (Å²) < 4.78 is 0. The Bertz CT molecular complexity index is 165. The average Bonchev–Trinajstić information content (AvgIpc) is 2.08. The Morgan fingerprint density at radius 1 is 1.17 bits per heavy atom. The van der Waals surface area contributed by atoms with Crippen LogP contribution in [0.15, 0.2) is 23.8 Å². The fourth-order valence-corrected chi connectivity index (χ4v) is 1.07. The fraction of sp³-hybridized carbons (Fsp3) is 0.583. The summed E-state index contributed by atoms with van der Waals surface area (Å²) in [5.74, 6) is 0. The summed E-state index contributed by atoms with van der Waals surface area (Å²) in [5, 5.41) is 0. The third-order valence-electron chi connectivity index (χ3n) is 1.75. The number of allylic oxidation sites excluding steroid dienone is 4. The van der Waals surface area contributed by atoms with E-state index in [4.69, 9.17) is 0 Å². The molecule has 0 spiro atoms. The molecule has 0 saturated heterocycles. The molecule has 1 aliphatic rings. The molecule has 1 aliphatic carbocycles. The van der Waals surface area contributed by atoms with E-state index in [2.05, 4.69) is 45.4 Å². The fourth-order valence-electron chi connectivity index (χ4n) is 1.07. The second-order valence-electron chi connectivity index (χ2n) is 3.74. The first-order valence-electron chi connectivity index (χ1n) is 4.81. The van der Waals surface area contributed by atoms with Crippen LogP contribution in [-0.2, 0) is 0 Å². The van der Waals surface area contributed by atoms with Gasteiger partial charge in [0.25, 0.3) is 0 Å². The lowest BCUT2D eigenvalue weighted by atomic mass is 9.84. The van der Waals surface area contributed by atoms with Crippen molar-refractivity contribution in [1.82, 2.24) is 0 Å². The molecule has 1 rings (SSSR count). The van der Waals surface area contributed by atoms with Gasteiger partial charge in [-0.25, -0.2) is 0 Å². The van der Waals surface area contributed by atoms with E-state index in [0.29, 0.717) is 5.41 Å². The minimum Gasteiger partial charge on any atom is -0.0802 e. The minimum absolute atomic E-state index is 0.324. The lowest BCUT2D eigenvalue weighted by Gasteiger charge is -2.21. The van der Waals surface area contributed by atoms with E-state index in [1.54, 1.807) is 0 Å². The van der Waals surface area contributed by atoms with Crippen LogP contribution in [0.1, 0.15) is 41.0 Å². The van der Waals surface area contributed by atoms with Gasteiger partial charge in [0.15, 0.2) is 0 Å². The lowest BCUT2D eigenvalue weighted by molar-refractivity contribution is 0.514. The van der Waals surface area contributed by atoms with E-state index in [-0.39, 0.29) is 0 Å². The van der Waals surface area contributed by atoms with Crippen molar-refractivity contribution in [1.29, 1.82) is 0 Å². The van der Waals surface area contributed by atoms with Crippen LogP contribution in [0, 0.1) is 11.8 Å². The zero-order valence-electron chi connectivity index (χ0n) is 9.02. The summed E-state index contributed by atoms with van der Waals surface area (Å²) in [4.78, 5) is 0. The molecule has 0 fully saturated rings. The van der Waals surface area contributed by atoms with E-state index < -0.39 is 0 Å². The molecule has 0 aromatic carbocycles. The van der Waals surface area contributed by atoms with Crippen molar-refractivity contribution in [2.24, 2.45) is 5.41 Å². The number of rotatable bonds is 0. The highest BCUT2D eigenvalue weighted by Gasteiger charge is 2.14. The molecule has 0 nitrogen and oxygen atoms in total. The molecule has 0 unspecified atom stereocenters. The van der Waals surface area contributed by atoms with Crippen molar-refractivity contribution < 1.29 is 0 Å². The third kappa shape index (κ3) is 3.75. The van der Waals surface area contributed by atoms with E-state index in [1.165, 1.54) is 5.57 Å². The Labute approximate surface area is 77.4 Å². The van der Waals surface area contributed by atoms with Gasteiger partial charge in [-0.1, -0.05) is 52.8 Å². The molecule has 0 bridgehead atoms. The third-order valence-corrected chi connectivity index (χ3v) is 1.75. The predicted octanol–water partition coefficient (Wildman–Crippen LogP) is 4.15. The van der Waals surface area contributed by atoms with Gasteiger partial charge in [0.1, 0.15) is 0 Å².